The number of carbonyl (C=O) groups excluding carboxylic acids is 1. The van der Waals surface area contributed by atoms with Gasteiger partial charge in [0.15, 0.2) is 16.8 Å². The van der Waals surface area contributed by atoms with Crippen LogP contribution < -0.4 is 4.74 Å². The van der Waals surface area contributed by atoms with Crippen LogP contribution >= 0.6 is 11.8 Å². The van der Waals surface area contributed by atoms with E-state index >= 15 is 0 Å². The normalized spacial score (nSPS) is 11.0. The number of nitrogens with zero attached hydrogens (tertiary/aromatic N) is 3. The summed E-state index contributed by atoms with van der Waals surface area (Å²) in [5.41, 5.74) is 3.52. The average Bonchev–Trinajstić information content (AvgIpc) is 3.47. The Morgan fingerprint density at radius 3 is 2.66 bits per heavy atom. The average molecular weight is 441 g/mol. The fraction of sp³-hybridized carbons (Fsp3) is 0.0800. The Balaban J connectivity index is 1.57. The van der Waals surface area contributed by atoms with Crippen molar-refractivity contribution in [2.24, 2.45) is 0 Å². The molecule has 0 atom stereocenters. The van der Waals surface area contributed by atoms with Crippen molar-refractivity contribution >= 4 is 28.4 Å². The van der Waals surface area contributed by atoms with Crippen LogP contribution in [0.15, 0.2) is 90.2 Å². The number of aromatic amines is 1. The third-order valence-electron chi connectivity index (χ3n) is 5.20. The molecule has 32 heavy (non-hydrogen) atoms. The molecule has 0 aliphatic carbocycles. The topological polar surface area (TPSA) is 72.8 Å². The summed E-state index contributed by atoms with van der Waals surface area (Å²) in [5, 5.41) is 10.7. The first-order valence-corrected chi connectivity index (χ1v) is 11.1. The number of hydrogen-bond acceptors (Lipinski definition) is 5. The number of para-hydroxylation sites is 1. The van der Waals surface area contributed by atoms with Crippen molar-refractivity contribution in [1.82, 2.24) is 19.7 Å². The van der Waals surface area contributed by atoms with Crippen molar-refractivity contribution < 1.29 is 9.53 Å². The summed E-state index contributed by atoms with van der Waals surface area (Å²) in [6, 6.07) is 25.1. The number of fused-ring (bicyclic) bond motifs is 1. The number of Topliss-reactive ketones (excluding diaryl/α,β-unsaturated/α-hetero) is 1. The number of hydrogen-bond donors (Lipinski definition) is 1. The van der Waals surface area contributed by atoms with Gasteiger partial charge in [-0.3, -0.25) is 9.36 Å². The first-order valence-electron chi connectivity index (χ1n) is 10.1. The molecule has 2 heterocycles. The third kappa shape index (κ3) is 3.78. The SMILES string of the molecule is COc1cccc(-n2c(SCC(=O)c3ccccc3)nnc2-c2c[nH]c3ccccc23)c1. The summed E-state index contributed by atoms with van der Waals surface area (Å²) >= 11 is 1.37. The van der Waals surface area contributed by atoms with E-state index in [1.54, 1.807) is 7.11 Å². The highest BCUT2D eigenvalue weighted by atomic mass is 32.2. The van der Waals surface area contributed by atoms with Gasteiger partial charge in [0, 0.05) is 34.3 Å². The second-order valence-corrected chi connectivity index (χ2v) is 8.11. The van der Waals surface area contributed by atoms with Gasteiger partial charge in [-0.05, 0) is 18.2 Å². The molecule has 3 aromatic carbocycles. The zero-order valence-corrected chi connectivity index (χ0v) is 18.2. The molecule has 0 fully saturated rings. The van der Waals surface area contributed by atoms with E-state index in [4.69, 9.17) is 4.74 Å². The molecule has 0 bridgehead atoms. The molecule has 5 rings (SSSR count). The Morgan fingerprint density at radius 2 is 1.81 bits per heavy atom. The molecule has 158 valence electrons. The summed E-state index contributed by atoms with van der Waals surface area (Å²) in [7, 11) is 1.64. The first kappa shape index (κ1) is 20.1. The monoisotopic (exact) mass is 440 g/mol. The third-order valence-corrected chi connectivity index (χ3v) is 6.13. The minimum atomic E-state index is 0.0458. The van der Waals surface area contributed by atoms with Crippen LogP contribution in [0.25, 0.3) is 28.0 Å². The molecule has 0 radical (unpaired) electrons. The maximum atomic E-state index is 12.7. The maximum absolute atomic E-state index is 12.7. The fourth-order valence-corrected chi connectivity index (χ4v) is 4.46. The number of ether oxygens (including phenoxy) is 1. The lowest BCUT2D eigenvalue weighted by atomic mass is 10.1. The highest BCUT2D eigenvalue weighted by molar-refractivity contribution is 7.99. The molecule has 0 unspecified atom stereocenters. The number of ketones is 1. The Kier molecular flexibility index (Phi) is 5.47. The highest BCUT2D eigenvalue weighted by Gasteiger charge is 2.20. The zero-order chi connectivity index (χ0) is 21.9. The van der Waals surface area contributed by atoms with Gasteiger partial charge in [0.1, 0.15) is 5.75 Å². The molecule has 0 saturated heterocycles. The van der Waals surface area contributed by atoms with Crippen LogP contribution in [-0.2, 0) is 0 Å². The van der Waals surface area contributed by atoms with Gasteiger partial charge < -0.3 is 9.72 Å². The largest absolute Gasteiger partial charge is 0.497 e. The molecule has 6 nitrogen and oxygen atoms in total. The molecule has 0 aliphatic rings. The lowest BCUT2D eigenvalue weighted by molar-refractivity contribution is 0.102. The van der Waals surface area contributed by atoms with Gasteiger partial charge in [0.25, 0.3) is 0 Å². The van der Waals surface area contributed by atoms with Crippen LogP contribution in [0.2, 0.25) is 0 Å². The molecule has 2 aromatic heterocycles. The molecular formula is C25H20N4O2S. The summed E-state index contributed by atoms with van der Waals surface area (Å²) in [4.78, 5) is 16.0. The van der Waals surface area contributed by atoms with Crippen LogP contribution in [-0.4, -0.2) is 38.4 Å². The Bertz CT molecular complexity index is 1390. The first-order chi connectivity index (χ1) is 15.7. The number of aromatic nitrogens is 4. The van der Waals surface area contributed by atoms with E-state index in [0.717, 1.165) is 27.9 Å². The Labute approximate surface area is 189 Å². The summed E-state index contributed by atoms with van der Waals surface area (Å²) in [6.07, 6.45) is 1.94. The molecule has 1 N–H and O–H groups in total. The quantitative estimate of drug-likeness (QED) is 0.271. The van der Waals surface area contributed by atoms with E-state index in [2.05, 4.69) is 21.2 Å². The van der Waals surface area contributed by atoms with Crippen molar-refractivity contribution in [2.75, 3.05) is 12.9 Å². The van der Waals surface area contributed by atoms with E-state index in [1.165, 1.54) is 11.8 Å². The van der Waals surface area contributed by atoms with Gasteiger partial charge in [0.2, 0.25) is 0 Å². The van der Waals surface area contributed by atoms with Crippen molar-refractivity contribution in [3.05, 3.63) is 90.6 Å². The number of methoxy groups -OCH3 is 1. The van der Waals surface area contributed by atoms with Crippen molar-refractivity contribution in [3.8, 4) is 22.8 Å². The molecular weight excluding hydrogens is 420 g/mol. The fourth-order valence-electron chi connectivity index (χ4n) is 3.61. The smallest absolute Gasteiger partial charge is 0.196 e. The molecule has 5 aromatic rings. The number of carbonyl (C=O) groups is 1. The van der Waals surface area contributed by atoms with Crippen LogP contribution in [0.5, 0.6) is 5.75 Å². The number of thioether (sulfide) groups is 1. The molecule has 0 amide bonds. The lowest BCUT2D eigenvalue weighted by Gasteiger charge is -2.11. The predicted octanol–water partition coefficient (Wildman–Crippen LogP) is 5.40. The van der Waals surface area contributed by atoms with Crippen molar-refractivity contribution in [3.63, 3.8) is 0 Å². The van der Waals surface area contributed by atoms with Gasteiger partial charge in [0.05, 0.1) is 18.6 Å². The van der Waals surface area contributed by atoms with Gasteiger partial charge >= 0.3 is 0 Å². The second-order valence-electron chi connectivity index (χ2n) is 7.17. The summed E-state index contributed by atoms with van der Waals surface area (Å²) in [6.45, 7) is 0. The van der Waals surface area contributed by atoms with E-state index in [9.17, 15) is 4.79 Å². The lowest BCUT2D eigenvalue weighted by Crippen LogP contribution is -2.05. The Hall–Kier alpha value is -3.84. The van der Waals surface area contributed by atoms with Crippen LogP contribution in [0.1, 0.15) is 10.4 Å². The van der Waals surface area contributed by atoms with E-state index in [-0.39, 0.29) is 11.5 Å². The van der Waals surface area contributed by atoms with Gasteiger partial charge in [-0.25, -0.2) is 0 Å². The van der Waals surface area contributed by atoms with Crippen LogP contribution in [0, 0.1) is 0 Å². The van der Waals surface area contributed by atoms with Gasteiger partial charge in [-0.2, -0.15) is 0 Å². The Morgan fingerprint density at radius 1 is 1.00 bits per heavy atom. The van der Waals surface area contributed by atoms with E-state index < -0.39 is 0 Å². The summed E-state index contributed by atoms with van der Waals surface area (Å²) < 4.78 is 7.40. The maximum Gasteiger partial charge on any atom is 0.196 e. The summed E-state index contributed by atoms with van der Waals surface area (Å²) in [5.74, 6) is 1.74. The molecule has 0 aliphatic heterocycles. The van der Waals surface area contributed by atoms with Crippen LogP contribution in [0.4, 0.5) is 0 Å². The number of benzene rings is 3. The number of nitrogens with one attached hydrogen (secondary N) is 1. The predicted molar refractivity (Wildman–Crippen MR) is 127 cm³/mol. The number of rotatable bonds is 7. The van der Waals surface area contributed by atoms with Crippen LogP contribution in [0.3, 0.4) is 0 Å². The zero-order valence-electron chi connectivity index (χ0n) is 17.4. The standard InChI is InChI=1S/C25H20N4O2S/c1-31-19-11-7-10-18(14-19)29-24(21-15-26-22-13-6-5-12-20(21)22)27-28-25(29)32-16-23(30)17-8-3-2-4-9-17/h2-15,26H,16H2,1H3. The van der Waals surface area contributed by atoms with E-state index in [0.29, 0.717) is 16.5 Å². The minimum Gasteiger partial charge on any atom is -0.497 e. The van der Waals surface area contributed by atoms with Crippen molar-refractivity contribution in [2.45, 2.75) is 5.16 Å². The highest BCUT2D eigenvalue weighted by Crippen LogP contribution is 2.33. The van der Waals surface area contributed by atoms with E-state index in [1.807, 2.05) is 83.6 Å². The van der Waals surface area contributed by atoms with Gasteiger partial charge in [-0.1, -0.05) is 66.4 Å². The molecule has 7 heteroatoms. The molecule has 0 spiro atoms. The minimum absolute atomic E-state index is 0.0458. The molecule has 0 saturated carbocycles. The second kappa shape index (κ2) is 8.72. The van der Waals surface area contributed by atoms with Crippen molar-refractivity contribution in [1.29, 1.82) is 0 Å². The number of H-pyrrole nitrogens is 1. The van der Waals surface area contributed by atoms with Gasteiger partial charge in [-0.15, -0.1) is 10.2 Å².